The summed E-state index contributed by atoms with van der Waals surface area (Å²) in [4.78, 5) is 16.3. The molecule has 1 N–H and O–H groups in total. The number of fused-ring (bicyclic) bond motifs is 1. The van der Waals surface area contributed by atoms with Crippen molar-refractivity contribution in [2.45, 2.75) is 6.54 Å². The predicted octanol–water partition coefficient (Wildman–Crippen LogP) is 0.563. The zero-order valence-electron chi connectivity index (χ0n) is 8.87. The minimum absolute atomic E-state index is 0.0707. The van der Waals surface area contributed by atoms with E-state index < -0.39 is 0 Å². The van der Waals surface area contributed by atoms with E-state index >= 15 is 0 Å². The lowest BCUT2D eigenvalue weighted by atomic mass is 10.2. The number of para-hydroxylation sites is 1. The van der Waals surface area contributed by atoms with Gasteiger partial charge in [-0.2, -0.15) is 15.4 Å². The summed E-state index contributed by atoms with van der Waals surface area (Å²) in [6.07, 6.45) is 3.11. The van der Waals surface area contributed by atoms with Crippen molar-refractivity contribution in [2.24, 2.45) is 0 Å². The Balaban J connectivity index is 2.12. The topological polar surface area (TPSA) is 76.5 Å². The van der Waals surface area contributed by atoms with Gasteiger partial charge in [0.25, 0.3) is 5.56 Å². The van der Waals surface area contributed by atoms with Crippen molar-refractivity contribution in [1.29, 1.82) is 0 Å². The highest BCUT2D eigenvalue weighted by atomic mass is 16.1. The number of hydrogen-bond acceptors (Lipinski definition) is 4. The SMILES string of the molecule is O=c1c2ccccc2ncn1Cc1cn[nH]n1. The van der Waals surface area contributed by atoms with Gasteiger partial charge in [0.2, 0.25) is 0 Å². The van der Waals surface area contributed by atoms with Gasteiger partial charge in [0.1, 0.15) is 5.69 Å². The van der Waals surface area contributed by atoms with E-state index in [1.54, 1.807) is 12.3 Å². The van der Waals surface area contributed by atoms with Crippen molar-refractivity contribution in [3.8, 4) is 0 Å². The Morgan fingerprint density at radius 2 is 2.18 bits per heavy atom. The zero-order valence-corrected chi connectivity index (χ0v) is 8.87. The van der Waals surface area contributed by atoms with E-state index in [0.717, 1.165) is 0 Å². The van der Waals surface area contributed by atoms with Crippen LogP contribution in [0.3, 0.4) is 0 Å². The Labute approximate surface area is 95.9 Å². The van der Waals surface area contributed by atoms with Crippen LogP contribution in [0.25, 0.3) is 10.9 Å². The average molecular weight is 227 g/mol. The van der Waals surface area contributed by atoms with E-state index in [2.05, 4.69) is 20.4 Å². The highest BCUT2D eigenvalue weighted by molar-refractivity contribution is 5.76. The summed E-state index contributed by atoms with van der Waals surface area (Å²) in [6, 6.07) is 7.27. The lowest BCUT2D eigenvalue weighted by molar-refractivity contribution is 0.725. The molecule has 0 radical (unpaired) electrons. The van der Waals surface area contributed by atoms with Crippen LogP contribution in [-0.4, -0.2) is 25.0 Å². The summed E-state index contributed by atoms with van der Waals surface area (Å²) in [5.41, 5.74) is 1.33. The van der Waals surface area contributed by atoms with Gasteiger partial charge in [-0.25, -0.2) is 4.98 Å². The number of H-pyrrole nitrogens is 1. The van der Waals surface area contributed by atoms with Gasteiger partial charge in [-0.1, -0.05) is 12.1 Å². The number of aromatic nitrogens is 5. The number of hydrogen-bond donors (Lipinski definition) is 1. The molecule has 6 heteroatoms. The summed E-state index contributed by atoms with van der Waals surface area (Å²) in [7, 11) is 0. The van der Waals surface area contributed by atoms with Crippen molar-refractivity contribution >= 4 is 10.9 Å². The third-order valence-corrected chi connectivity index (χ3v) is 2.53. The molecular weight excluding hydrogens is 218 g/mol. The second kappa shape index (κ2) is 3.82. The van der Waals surface area contributed by atoms with Crippen molar-refractivity contribution in [1.82, 2.24) is 25.0 Å². The number of nitrogens with one attached hydrogen (secondary N) is 1. The molecule has 0 aliphatic carbocycles. The molecule has 0 saturated heterocycles. The van der Waals surface area contributed by atoms with E-state index in [1.165, 1.54) is 10.9 Å². The van der Waals surface area contributed by atoms with E-state index in [-0.39, 0.29) is 5.56 Å². The molecule has 0 aliphatic rings. The molecule has 0 amide bonds. The molecule has 0 fully saturated rings. The van der Waals surface area contributed by atoms with Crippen LogP contribution in [0.5, 0.6) is 0 Å². The van der Waals surface area contributed by atoms with Gasteiger partial charge in [-0.05, 0) is 12.1 Å². The average Bonchev–Trinajstić information content (AvgIpc) is 2.86. The maximum Gasteiger partial charge on any atom is 0.261 e. The van der Waals surface area contributed by atoms with Crippen LogP contribution in [0.4, 0.5) is 0 Å². The molecule has 2 aromatic heterocycles. The Morgan fingerprint density at radius 1 is 1.29 bits per heavy atom. The van der Waals surface area contributed by atoms with Crippen LogP contribution >= 0.6 is 0 Å². The summed E-state index contributed by atoms with van der Waals surface area (Å²) < 4.78 is 1.51. The molecule has 17 heavy (non-hydrogen) atoms. The maximum absolute atomic E-state index is 12.1. The van der Waals surface area contributed by atoms with Crippen molar-refractivity contribution in [3.05, 3.63) is 52.8 Å². The minimum atomic E-state index is -0.0707. The lowest BCUT2D eigenvalue weighted by Gasteiger charge is -2.03. The first-order valence-corrected chi connectivity index (χ1v) is 5.13. The molecule has 1 aromatic carbocycles. The highest BCUT2D eigenvalue weighted by Crippen LogP contribution is 2.05. The Bertz CT molecular complexity index is 701. The molecular formula is C11H9N5O. The van der Waals surface area contributed by atoms with Gasteiger partial charge in [0, 0.05) is 0 Å². The van der Waals surface area contributed by atoms with Gasteiger partial charge in [0.05, 0.1) is 30.0 Å². The van der Waals surface area contributed by atoms with Gasteiger partial charge in [0.15, 0.2) is 0 Å². The smallest absolute Gasteiger partial charge is 0.261 e. The molecule has 0 bridgehead atoms. The molecule has 2 heterocycles. The maximum atomic E-state index is 12.1. The monoisotopic (exact) mass is 227 g/mol. The van der Waals surface area contributed by atoms with Crippen LogP contribution in [0.15, 0.2) is 41.6 Å². The Kier molecular flexibility index (Phi) is 2.18. The van der Waals surface area contributed by atoms with Crippen molar-refractivity contribution in [2.75, 3.05) is 0 Å². The van der Waals surface area contributed by atoms with E-state index in [9.17, 15) is 4.79 Å². The number of rotatable bonds is 2. The normalized spacial score (nSPS) is 10.8. The van der Waals surface area contributed by atoms with Gasteiger partial charge >= 0.3 is 0 Å². The zero-order chi connectivity index (χ0) is 11.7. The number of aromatic amines is 1. The predicted molar refractivity (Wildman–Crippen MR) is 61.5 cm³/mol. The fourth-order valence-electron chi connectivity index (χ4n) is 1.69. The van der Waals surface area contributed by atoms with Crippen LogP contribution in [0.1, 0.15) is 5.69 Å². The number of nitrogens with zero attached hydrogens (tertiary/aromatic N) is 4. The molecule has 0 aliphatic heterocycles. The summed E-state index contributed by atoms with van der Waals surface area (Å²) in [5.74, 6) is 0. The summed E-state index contributed by atoms with van der Waals surface area (Å²) in [6.45, 7) is 0.368. The van der Waals surface area contributed by atoms with Crippen molar-refractivity contribution in [3.63, 3.8) is 0 Å². The first-order valence-electron chi connectivity index (χ1n) is 5.13. The lowest BCUT2D eigenvalue weighted by Crippen LogP contribution is -2.21. The fourth-order valence-corrected chi connectivity index (χ4v) is 1.69. The third kappa shape index (κ3) is 1.69. The van der Waals surface area contributed by atoms with Gasteiger partial charge < -0.3 is 0 Å². The molecule has 3 rings (SSSR count). The standard InChI is InChI=1S/C11H9N5O/c17-11-9-3-1-2-4-10(9)12-7-16(11)6-8-5-13-15-14-8/h1-5,7H,6H2,(H,13,14,15). The Morgan fingerprint density at radius 3 is 3.00 bits per heavy atom. The Hall–Kier alpha value is -2.50. The van der Waals surface area contributed by atoms with Gasteiger partial charge in [-0.15, -0.1) is 0 Å². The van der Waals surface area contributed by atoms with E-state index in [0.29, 0.717) is 23.1 Å². The third-order valence-electron chi connectivity index (χ3n) is 2.53. The van der Waals surface area contributed by atoms with Crippen molar-refractivity contribution < 1.29 is 0 Å². The molecule has 3 aromatic rings. The second-order valence-electron chi connectivity index (χ2n) is 3.66. The molecule has 0 unspecified atom stereocenters. The van der Waals surface area contributed by atoms with Crippen LogP contribution in [-0.2, 0) is 6.54 Å². The molecule has 0 atom stereocenters. The quantitative estimate of drug-likeness (QED) is 0.694. The van der Waals surface area contributed by atoms with Gasteiger partial charge in [-0.3, -0.25) is 9.36 Å². The molecule has 0 saturated carbocycles. The summed E-state index contributed by atoms with van der Waals surface area (Å²) in [5, 5.41) is 10.7. The second-order valence-corrected chi connectivity index (χ2v) is 3.66. The van der Waals surface area contributed by atoms with E-state index in [1.807, 2.05) is 18.2 Å². The van der Waals surface area contributed by atoms with Crippen LogP contribution in [0.2, 0.25) is 0 Å². The minimum Gasteiger partial charge on any atom is -0.293 e. The molecule has 84 valence electrons. The first kappa shape index (κ1) is 9.71. The molecule has 6 nitrogen and oxygen atoms in total. The fraction of sp³-hybridized carbons (Fsp3) is 0.0909. The molecule has 0 spiro atoms. The number of benzene rings is 1. The van der Waals surface area contributed by atoms with Crippen LogP contribution < -0.4 is 5.56 Å². The van der Waals surface area contributed by atoms with E-state index in [4.69, 9.17) is 0 Å². The largest absolute Gasteiger partial charge is 0.293 e. The van der Waals surface area contributed by atoms with Crippen LogP contribution in [0, 0.1) is 0 Å². The summed E-state index contributed by atoms with van der Waals surface area (Å²) >= 11 is 0. The first-order chi connectivity index (χ1) is 8.34. The highest BCUT2D eigenvalue weighted by Gasteiger charge is 2.04.